The maximum Gasteiger partial charge on any atom is 0.302 e. The summed E-state index contributed by atoms with van der Waals surface area (Å²) >= 11 is 0. The molecule has 0 aliphatic carbocycles. The summed E-state index contributed by atoms with van der Waals surface area (Å²) in [5, 5.41) is 10.2. The number of nitrogens with zero attached hydrogens (tertiary/aromatic N) is 1. The van der Waals surface area contributed by atoms with Crippen LogP contribution in [0.3, 0.4) is 0 Å². The molecule has 0 aliphatic rings. The van der Waals surface area contributed by atoms with Crippen molar-refractivity contribution in [1.29, 1.82) is 0 Å². The fraction of sp³-hybridized carbons (Fsp3) is 0.462. The fourth-order valence-corrected chi connectivity index (χ4v) is 1.11. The lowest BCUT2D eigenvalue weighted by atomic mass is 10.2. The lowest BCUT2D eigenvalue weighted by Gasteiger charge is -1.99. The number of ether oxygens (including phenoxy) is 1. The molecule has 1 aromatic heterocycles. The summed E-state index contributed by atoms with van der Waals surface area (Å²) in [6.45, 7) is 1.87. The molecule has 18 heavy (non-hydrogen) atoms. The zero-order valence-corrected chi connectivity index (χ0v) is 10.6. The van der Waals surface area contributed by atoms with Crippen molar-refractivity contribution in [3.8, 4) is 0 Å². The molecule has 0 aromatic carbocycles. The molecule has 0 fully saturated rings. The van der Waals surface area contributed by atoms with Crippen LogP contribution in [0.4, 0.5) is 0 Å². The number of aldehydes is 1. The second-order valence-electron chi connectivity index (χ2n) is 3.59. The molecule has 0 unspecified atom stereocenters. The van der Waals surface area contributed by atoms with Gasteiger partial charge in [-0.15, -0.1) is 0 Å². The predicted octanol–water partition coefficient (Wildman–Crippen LogP) is 1.63. The van der Waals surface area contributed by atoms with Gasteiger partial charge in [0, 0.05) is 25.5 Å². The number of unbranched alkanes of at least 4 members (excludes halogenated alkanes) is 3. The van der Waals surface area contributed by atoms with Crippen molar-refractivity contribution in [3.63, 3.8) is 0 Å². The van der Waals surface area contributed by atoms with Crippen molar-refractivity contribution in [2.45, 2.75) is 32.6 Å². The Morgan fingerprint density at radius 3 is 2.33 bits per heavy atom. The highest BCUT2D eigenvalue weighted by molar-refractivity contribution is 5.65. The molecule has 0 radical (unpaired) electrons. The number of carbonyl (C=O) groups excluding carboxylic acids is 2. The molecule has 0 aliphatic heterocycles. The fourth-order valence-electron chi connectivity index (χ4n) is 1.11. The maximum atomic E-state index is 10.3. The van der Waals surface area contributed by atoms with E-state index in [0.717, 1.165) is 30.3 Å². The van der Waals surface area contributed by atoms with Gasteiger partial charge in [-0.2, -0.15) is 4.73 Å². The van der Waals surface area contributed by atoms with E-state index in [4.69, 9.17) is 4.74 Å². The number of hydrogen-bond acceptors (Lipinski definition) is 4. The molecule has 100 valence electrons. The van der Waals surface area contributed by atoms with Crippen LogP contribution < -0.4 is 4.73 Å². The summed E-state index contributed by atoms with van der Waals surface area (Å²) in [7, 11) is 0. The number of carbonyl (C=O) groups is 2. The van der Waals surface area contributed by atoms with Crippen LogP contribution in [0.5, 0.6) is 0 Å². The Bertz CT molecular complexity index is 327. The van der Waals surface area contributed by atoms with Crippen LogP contribution in [-0.4, -0.2) is 18.9 Å². The van der Waals surface area contributed by atoms with Crippen molar-refractivity contribution in [1.82, 2.24) is 0 Å². The number of hydrogen-bond donors (Lipinski definition) is 0. The first-order valence-electron chi connectivity index (χ1n) is 5.87. The standard InChI is InChI=1S/C8H14O3.C5H5NO/c1-8(10)11-7-5-3-2-4-6-9;7-6-4-2-1-3-5-6/h6H,2-5,7H2,1H3;1-5H. The van der Waals surface area contributed by atoms with Crippen LogP contribution in [-0.2, 0) is 14.3 Å². The summed E-state index contributed by atoms with van der Waals surface area (Å²) in [6, 6.07) is 5.18. The second kappa shape index (κ2) is 11.6. The van der Waals surface area contributed by atoms with E-state index in [1.54, 1.807) is 18.2 Å². The SMILES string of the molecule is CC(=O)OCCCCCC=O.[O-][n+]1ccccc1. The molecule has 1 heterocycles. The third-order valence-corrected chi connectivity index (χ3v) is 1.96. The second-order valence-corrected chi connectivity index (χ2v) is 3.59. The van der Waals surface area contributed by atoms with E-state index < -0.39 is 0 Å². The average molecular weight is 253 g/mol. The quantitative estimate of drug-likeness (QED) is 0.254. The Labute approximate surface area is 107 Å². The molecule has 1 rings (SSSR count). The summed E-state index contributed by atoms with van der Waals surface area (Å²) < 4.78 is 5.44. The van der Waals surface area contributed by atoms with Crippen molar-refractivity contribution >= 4 is 12.3 Å². The van der Waals surface area contributed by atoms with Gasteiger partial charge in [-0.25, -0.2) is 0 Å². The number of aromatic nitrogens is 1. The lowest BCUT2D eigenvalue weighted by Crippen LogP contribution is -2.22. The van der Waals surface area contributed by atoms with E-state index in [1.807, 2.05) is 0 Å². The number of pyridine rings is 1. The van der Waals surface area contributed by atoms with E-state index in [1.165, 1.54) is 19.3 Å². The van der Waals surface area contributed by atoms with Gasteiger partial charge in [0.2, 0.25) is 0 Å². The van der Waals surface area contributed by atoms with Gasteiger partial charge in [0.05, 0.1) is 6.61 Å². The average Bonchev–Trinajstić information content (AvgIpc) is 2.35. The van der Waals surface area contributed by atoms with Gasteiger partial charge < -0.3 is 14.7 Å². The van der Waals surface area contributed by atoms with Crippen LogP contribution >= 0.6 is 0 Å². The van der Waals surface area contributed by atoms with Gasteiger partial charge in [0.1, 0.15) is 6.29 Å². The Morgan fingerprint density at radius 1 is 1.22 bits per heavy atom. The molecular weight excluding hydrogens is 234 g/mol. The minimum absolute atomic E-state index is 0.236. The molecular formula is C13H19NO4. The minimum atomic E-state index is -0.236. The van der Waals surface area contributed by atoms with Gasteiger partial charge in [0.15, 0.2) is 12.4 Å². The van der Waals surface area contributed by atoms with Gasteiger partial charge in [-0.3, -0.25) is 4.79 Å². The predicted molar refractivity (Wildman–Crippen MR) is 66.6 cm³/mol. The number of esters is 1. The largest absolute Gasteiger partial charge is 0.619 e. The maximum absolute atomic E-state index is 10.3. The summed E-state index contributed by atoms with van der Waals surface area (Å²) in [5.74, 6) is -0.236. The molecule has 0 spiro atoms. The van der Waals surface area contributed by atoms with Gasteiger partial charge in [0.25, 0.3) is 0 Å². The third-order valence-electron chi connectivity index (χ3n) is 1.96. The van der Waals surface area contributed by atoms with E-state index in [2.05, 4.69) is 0 Å². The van der Waals surface area contributed by atoms with Gasteiger partial charge in [-0.05, 0) is 19.3 Å². The lowest BCUT2D eigenvalue weighted by molar-refractivity contribution is -0.605. The zero-order valence-electron chi connectivity index (χ0n) is 10.6. The van der Waals surface area contributed by atoms with Crippen molar-refractivity contribution in [2.75, 3.05) is 6.61 Å². The van der Waals surface area contributed by atoms with Crippen LogP contribution in [0.25, 0.3) is 0 Å². The molecule has 1 aromatic rings. The highest BCUT2D eigenvalue weighted by atomic mass is 16.5. The van der Waals surface area contributed by atoms with Crippen LogP contribution in [0, 0.1) is 5.21 Å². The smallest absolute Gasteiger partial charge is 0.302 e. The first-order valence-corrected chi connectivity index (χ1v) is 5.87. The summed E-state index contributed by atoms with van der Waals surface area (Å²) in [5.41, 5.74) is 0. The third kappa shape index (κ3) is 12.2. The summed E-state index contributed by atoms with van der Waals surface area (Å²) in [4.78, 5) is 20.1. The van der Waals surface area contributed by atoms with Crippen molar-refractivity contribution < 1.29 is 19.1 Å². The van der Waals surface area contributed by atoms with E-state index >= 15 is 0 Å². The molecule has 0 N–H and O–H groups in total. The Balaban J connectivity index is 0.000000351. The molecule has 5 heteroatoms. The monoisotopic (exact) mass is 253 g/mol. The topological polar surface area (TPSA) is 70.3 Å². The Hall–Kier alpha value is -1.91. The summed E-state index contributed by atoms with van der Waals surface area (Å²) in [6.07, 6.45) is 7.11. The first kappa shape index (κ1) is 16.1. The number of rotatable bonds is 6. The molecule has 0 saturated carbocycles. The van der Waals surface area contributed by atoms with Crippen molar-refractivity contribution in [2.24, 2.45) is 0 Å². The van der Waals surface area contributed by atoms with E-state index in [0.29, 0.717) is 13.0 Å². The van der Waals surface area contributed by atoms with Crippen LogP contribution in [0.2, 0.25) is 0 Å². The molecule has 0 saturated heterocycles. The van der Waals surface area contributed by atoms with Crippen LogP contribution in [0.15, 0.2) is 30.6 Å². The van der Waals surface area contributed by atoms with Crippen LogP contribution in [0.1, 0.15) is 32.6 Å². The zero-order chi connectivity index (χ0) is 13.6. The highest BCUT2D eigenvalue weighted by Crippen LogP contribution is 1.97. The van der Waals surface area contributed by atoms with E-state index in [9.17, 15) is 14.8 Å². The molecule has 0 bridgehead atoms. The molecule has 5 nitrogen and oxygen atoms in total. The Kier molecular flexibility index (Phi) is 10.3. The Morgan fingerprint density at radius 2 is 1.89 bits per heavy atom. The first-order chi connectivity index (χ1) is 8.66. The molecule has 0 amide bonds. The molecule has 0 atom stereocenters. The van der Waals surface area contributed by atoms with Crippen molar-refractivity contribution in [3.05, 3.63) is 35.8 Å². The van der Waals surface area contributed by atoms with Gasteiger partial charge in [-0.1, -0.05) is 6.07 Å². The highest BCUT2D eigenvalue weighted by Gasteiger charge is 1.92. The van der Waals surface area contributed by atoms with E-state index in [-0.39, 0.29) is 5.97 Å². The van der Waals surface area contributed by atoms with Gasteiger partial charge >= 0.3 is 5.97 Å². The minimum Gasteiger partial charge on any atom is -0.619 e. The normalized spacial score (nSPS) is 8.94.